The van der Waals surface area contributed by atoms with Crippen LogP contribution < -0.4 is 16.2 Å². The zero-order chi connectivity index (χ0) is 20.8. The van der Waals surface area contributed by atoms with E-state index in [2.05, 4.69) is 16.2 Å². The molecule has 2 heterocycles. The molecule has 0 saturated heterocycles. The van der Waals surface area contributed by atoms with E-state index in [4.69, 9.17) is 8.83 Å². The fourth-order valence-electron chi connectivity index (χ4n) is 2.83. The first-order valence-electron chi connectivity index (χ1n) is 8.99. The zero-order valence-electron chi connectivity index (χ0n) is 16.0. The van der Waals surface area contributed by atoms with Gasteiger partial charge in [-0.25, -0.2) is 0 Å². The third-order valence-electron chi connectivity index (χ3n) is 4.23. The second-order valence-corrected chi connectivity index (χ2v) is 6.46. The van der Waals surface area contributed by atoms with Crippen molar-refractivity contribution in [3.8, 4) is 0 Å². The molecular formula is C21H21N3O5. The van der Waals surface area contributed by atoms with Gasteiger partial charge in [-0.05, 0) is 37.6 Å². The van der Waals surface area contributed by atoms with E-state index in [0.717, 1.165) is 5.56 Å². The summed E-state index contributed by atoms with van der Waals surface area (Å²) in [7, 11) is 0. The molecule has 3 rings (SSSR count). The summed E-state index contributed by atoms with van der Waals surface area (Å²) in [4.78, 5) is 37.3. The summed E-state index contributed by atoms with van der Waals surface area (Å²) >= 11 is 0. The van der Waals surface area contributed by atoms with Gasteiger partial charge in [0.25, 0.3) is 17.7 Å². The molecule has 0 aliphatic carbocycles. The highest BCUT2D eigenvalue weighted by Gasteiger charge is 2.24. The molecule has 0 saturated carbocycles. The third-order valence-corrected chi connectivity index (χ3v) is 4.23. The van der Waals surface area contributed by atoms with E-state index in [1.165, 1.54) is 12.3 Å². The van der Waals surface area contributed by atoms with Crippen molar-refractivity contribution >= 4 is 17.7 Å². The van der Waals surface area contributed by atoms with Crippen LogP contribution in [0.15, 0.2) is 63.6 Å². The smallest absolute Gasteiger partial charge is 0.287 e. The lowest BCUT2D eigenvalue weighted by molar-refractivity contribution is -0.123. The van der Waals surface area contributed by atoms with Gasteiger partial charge in [-0.3, -0.25) is 25.2 Å². The molecule has 3 aromatic rings. The van der Waals surface area contributed by atoms with Crippen molar-refractivity contribution in [2.24, 2.45) is 0 Å². The number of nitrogens with one attached hydrogen (secondary N) is 3. The Bertz CT molecular complexity index is 993. The van der Waals surface area contributed by atoms with E-state index in [0.29, 0.717) is 17.1 Å². The van der Waals surface area contributed by atoms with Crippen LogP contribution in [0.25, 0.3) is 0 Å². The number of aryl methyl sites for hydroxylation is 2. The molecule has 3 amide bonds. The SMILES string of the molecule is Cc1cc(C(=O)NNC(=O)C(Cc2ccccc2)NC(=O)c2ccco2)c(C)o1. The minimum absolute atomic E-state index is 0.0874. The van der Waals surface area contributed by atoms with Gasteiger partial charge in [0.2, 0.25) is 0 Å². The monoisotopic (exact) mass is 395 g/mol. The number of hydrogen-bond acceptors (Lipinski definition) is 5. The molecule has 0 bridgehead atoms. The average molecular weight is 395 g/mol. The first-order valence-corrected chi connectivity index (χ1v) is 8.99. The van der Waals surface area contributed by atoms with Gasteiger partial charge >= 0.3 is 0 Å². The molecule has 29 heavy (non-hydrogen) atoms. The second-order valence-electron chi connectivity index (χ2n) is 6.46. The maximum atomic E-state index is 12.7. The first kappa shape index (κ1) is 19.9. The summed E-state index contributed by atoms with van der Waals surface area (Å²) in [6, 6.07) is 12.9. The normalized spacial score (nSPS) is 11.5. The van der Waals surface area contributed by atoms with Crippen LogP contribution in [-0.4, -0.2) is 23.8 Å². The van der Waals surface area contributed by atoms with Crippen molar-refractivity contribution < 1.29 is 23.2 Å². The molecule has 150 valence electrons. The number of carbonyl (C=O) groups excluding carboxylic acids is 3. The largest absolute Gasteiger partial charge is 0.466 e. The van der Waals surface area contributed by atoms with Crippen LogP contribution in [0.3, 0.4) is 0 Å². The van der Waals surface area contributed by atoms with E-state index < -0.39 is 23.8 Å². The lowest BCUT2D eigenvalue weighted by atomic mass is 10.1. The molecule has 0 spiro atoms. The Morgan fingerprint density at radius 2 is 1.72 bits per heavy atom. The van der Waals surface area contributed by atoms with Crippen LogP contribution >= 0.6 is 0 Å². The van der Waals surface area contributed by atoms with Crippen molar-refractivity contribution in [2.75, 3.05) is 0 Å². The lowest BCUT2D eigenvalue weighted by Crippen LogP contribution is -2.53. The first-order chi connectivity index (χ1) is 13.9. The van der Waals surface area contributed by atoms with Gasteiger partial charge < -0.3 is 14.2 Å². The van der Waals surface area contributed by atoms with Crippen LogP contribution in [0.1, 0.15) is 38.0 Å². The number of hydrazine groups is 1. The molecular weight excluding hydrogens is 374 g/mol. The summed E-state index contributed by atoms with van der Waals surface area (Å²) in [5.41, 5.74) is 5.89. The number of carbonyl (C=O) groups is 3. The average Bonchev–Trinajstić information content (AvgIpc) is 3.35. The number of amides is 3. The molecule has 1 unspecified atom stereocenters. The van der Waals surface area contributed by atoms with E-state index in [9.17, 15) is 14.4 Å². The fraction of sp³-hybridized carbons (Fsp3) is 0.190. The zero-order valence-corrected chi connectivity index (χ0v) is 16.0. The minimum Gasteiger partial charge on any atom is -0.466 e. The van der Waals surface area contributed by atoms with Gasteiger partial charge in [-0.1, -0.05) is 30.3 Å². The summed E-state index contributed by atoms with van der Waals surface area (Å²) in [6.07, 6.45) is 1.61. The standard InChI is InChI=1S/C21H21N3O5/c1-13-11-16(14(2)29-13)19(25)23-24-20(26)17(12-15-7-4-3-5-8-15)22-21(27)18-9-6-10-28-18/h3-11,17H,12H2,1-2H3,(H,22,27)(H,23,25)(H,24,26). The van der Waals surface area contributed by atoms with Crippen LogP contribution in [0.4, 0.5) is 0 Å². The highest BCUT2D eigenvalue weighted by molar-refractivity contribution is 5.98. The van der Waals surface area contributed by atoms with Crippen molar-refractivity contribution in [3.63, 3.8) is 0 Å². The number of benzene rings is 1. The summed E-state index contributed by atoms with van der Waals surface area (Å²) in [5.74, 6) is -0.487. The van der Waals surface area contributed by atoms with E-state index >= 15 is 0 Å². The van der Waals surface area contributed by atoms with Crippen LogP contribution in [0.5, 0.6) is 0 Å². The predicted molar refractivity (Wildman–Crippen MR) is 104 cm³/mol. The topological polar surface area (TPSA) is 114 Å². The lowest BCUT2D eigenvalue weighted by Gasteiger charge is -2.18. The Kier molecular flexibility index (Phi) is 6.13. The highest BCUT2D eigenvalue weighted by atomic mass is 16.3. The van der Waals surface area contributed by atoms with E-state index in [1.54, 1.807) is 26.0 Å². The Labute approximate surface area is 167 Å². The third kappa shape index (κ3) is 5.13. The number of hydrogen-bond donors (Lipinski definition) is 3. The summed E-state index contributed by atoms with van der Waals surface area (Å²) in [6.45, 7) is 3.38. The number of rotatable bonds is 6. The van der Waals surface area contributed by atoms with Gasteiger partial charge in [-0.2, -0.15) is 0 Å². The fourth-order valence-corrected chi connectivity index (χ4v) is 2.83. The molecule has 8 heteroatoms. The highest BCUT2D eigenvalue weighted by Crippen LogP contribution is 2.13. The van der Waals surface area contributed by atoms with Gasteiger partial charge in [0.05, 0.1) is 11.8 Å². The summed E-state index contributed by atoms with van der Waals surface area (Å²) in [5, 5.41) is 2.63. The maximum absolute atomic E-state index is 12.7. The van der Waals surface area contributed by atoms with Crippen LogP contribution in [-0.2, 0) is 11.2 Å². The molecule has 8 nitrogen and oxygen atoms in total. The Balaban J connectivity index is 1.68. The van der Waals surface area contributed by atoms with Crippen molar-refractivity contribution in [2.45, 2.75) is 26.3 Å². The molecule has 1 aromatic carbocycles. The van der Waals surface area contributed by atoms with Crippen molar-refractivity contribution in [1.82, 2.24) is 16.2 Å². The van der Waals surface area contributed by atoms with Gasteiger partial charge in [-0.15, -0.1) is 0 Å². The molecule has 0 radical (unpaired) electrons. The Hall–Kier alpha value is -3.81. The Morgan fingerprint density at radius 1 is 0.966 bits per heavy atom. The molecule has 0 fully saturated rings. The van der Waals surface area contributed by atoms with Gasteiger partial charge in [0.15, 0.2) is 5.76 Å². The quantitative estimate of drug-likeness (QED) is 0.554. The maximum Gasteiger partial charge on any atom is 0.287 e. The summed E-state index contributed by atoms with van der Waals surface area (Å²) < 4.78 is 10.4. The van der Waals surface area contributed by atoms with Crippen molar-refractivity contribution in [1.29, 1.82) is 0 Å². The molecule has 0 aliphatic rings. The molecule has 3 N–H and O–H groups in total. The van der Waals surface area contributed by atoms with E-state index in [1.807, 2.05) is 30.3 Å². The second kappa shape index (κ2) is 8.92. The minimum atomic E-state index is -0.928. The Morgan fingerprint density at radius 3 is 2.34 bits per heavy atom. The number of furan rings is 2. The van der Waals surface area contributed by atoms with E-state index in [-0.39, 0.29) is 12.2 Å². The van der Waals surface area contributed by atoms with Crippen LogP contribution in [0.2, 0.25) is 0 Å². The van der Waals surface area contributed by atoms with Crippen LogP contribution in [0, 0.1) is 13.8 Å². The predicted octanol–water partition coefficient (Wildman–Crippen LogP) is 2.29. The molecule has 2 aromatic heterocycles. The molecule has 1 atom stereocenters. The molecule has 0 aliphatic heterocycles. The van der Waals surface area contributed by atoms with Gasteiger partial charge in [0, 0.05) is 6.42 Å². The van der Waals surface area contributed by atoms with Crippen molar-refractivity contribution in [3.05, 3.63) is 83.2 Å². The van der Waals surface area contributed by atoms with Gasteiger partial charge in [0.1, 0.15) is 17.6 Å².